The van der Waals surface area contributed by atoms with E-state index in [1.165, 1.54) is 31.2 Å². The monoisotopic (exact) mass is 357 g/mol. The van der Waals surface area contributed by atoms with Gasteiger partial charge in [-0.1, -0.05) is 17.3 Å². The summed E-state index contributed by atoms with van der Waals surface area (Å²) in [6.07, 6.45) is -3.13. The molecule has 25 heavy (non-hydrogen) atoms. The van der Waals surface area contributed by atoms with Crippen LogP contribution in [0.2, 0.25) is 0 Å². The van der Waals surface area contributed by atoms with Crippen molar-refractivity contribution in [3.63, 3.8) is 0 Å². The first-order valence-corrected chi connectivity index (χ1v) is 6.88. The summed E-state index contributed by atoms with van der Waals surface area (Å²) in [6, 6.07) is 4.41. The first-order chi connectivity index (χ1) is 11.8. The van der Waals surface area contributed by atoms with Crippen LogP contribution in [-0.4, -0.2) is 28.8 Å². The lowest BCUT2D eigenvalue weighted by Crippen LogP contribution is -2.18. The van der Waals surface area contributed by atoms with Crippen molar-refractivity contribution in [1.29, 1.82) is 0 Å². The average molecular weight is 357 g/mol. The maximum absolute atomic E-state index is 13.0. The summed E-state index contributed by atoms with van der Waals surface area (Å²) in [6.45, 7) is 1.35. The van der Waals surface area contributed by atoms with Crippen LogP contribution in [0.4, 0.5) is 17.6 Å². The fourth-order valence-electron chi connectivity index (χ4n) is 1.67. The van der Waals surface area contributed by atoms with Gasteiger partial charge in [-0.3, -0.25) is 0 Å². The summed E-state index contributed by atoms with van der Waals surface area (Å²) in [7, 11) is 0. The third-order valence-corrected chi connectivity index (χ3v) is 2.74. The highest BCUT2D eigenvalue weighted by Crippen LogP contribution is 2.31. The Kier molecular flexibility index (Phi) is 5.63. The zero-order chi connectivity index (χ0) is 18.4. The molecule has 0 unspecified atom stereocenters. The van der Waals surface area contributed by atoms with Gasteiger partial charge in [0.15, 0.2) is 5.69 Å². The Morgan fingerprint density at radius 3 is 2.56 bits per heavy atom. The number of carbonyl (C=O) groups excluding carboxylic acids is 1. The fraction of sp³-hybridized carbons (Fsp3) is 0.200. The largest absolute Gasteiger partial charge is 0.462 e. The van der Waals surface area contributed by atoms with Gasteiger partial charge >= 0.3 is 18.2 Å². The van der Waals surface area contributed by atoms with Crippen LogP contribution in [0.15, 0.2) is 35.6 Å². The Morgan fingerprint density at radius 2 is 1.96 bits per heavy atom. The molecule has 1 heterocycles. The van der Waals surface area contributed by atoms with Crippen molar-refractivity contribution in [2.45, 2.75) is 13.1 Å². The molecule has 0 aliphatic carbocycles. The summed E-state index contributed by atoms with van der Waals surface area (Å²) in [5.41, 5.74) is -1.88. The number of oxime groups is 1. The third kappa shape index (κ3) is 4.96. The molecule has 0 spiro atoms. The minimum Gasteiger partial charge on any atom is -0.462 e. The number of rotatable bonds is 5. The predicted octanol–water partition coefficient (Wildman–Crippen LogP) is 3.22. The van der Waals surface area contributed by atoms with Gasteiger partial charge in [0.2, 0.25) is 0 Å². The number of carbonyl (C=O) groups is 1. The Balaban J connectivity index is 2.21. The van der Waals surface area contributed by atoms with E-state index in [0.717, 1.165) is 6.21 Å². The van der Waals surface area contributed by atoms with Gasteiger partial charge < -0.3 is 9.57 Å². The van der Waals surface area contributed by atoms with Gasteiger partial charge in [-0.15, -0.1) is 0 Å². The molecule has 132 valence electrons. The van der Waals surface area contributed by atoms with E-state index < -0.39 is 35.2 Å². The van der Waals surface area contributed by atoms with Crippen LogP contribution in [0, 0.1) is 5.82 Å². The zero-order valence-electron chi connectivity index (χ0n) is 12.7. The highest BCUT2D eigenvalue weighted by Gasteiger charge is 2.39. The molecule has 0 N–H and O–H groups in total. The van der Waals surface area contributed by atoms with Crippen LogP contribution in [0.1, 0.15) is 28.5 Å². The lowest BCUT2D eigenvalue weighted by molar-refractivity contribution is -0.142. The van der Waals surface area contributed by atoms with Gasteiger partial charge in [0, 0.05) is 6.20 Å². The number of aromatic nitrogens is 2. The standard InChI is InChI=1S/C15H11F4N3O3/c1-2-24-13(23)11-8-20-14(22-12(11)15(17,18)19)25-21-7-9-3-5-10(16)6-4-9/h3-8H,2H2,1H3/b21-7+. The van der Waals surface area contributed by atoms with Crippen LogP contribution in [0.5, 0.6) is 6.01 Å². The Hall–Kier alpha value is -3.04. The van der Waals surface area contributed by atoms with E-state index in [4.69, 9.17) is 0 Å². The Labute approximate surface area is 139 Å². The molecule has 0 atom stereocenters. The third-order valence-electron chi connectivity index (χ3n) is 2.74. The SMILES string of the molecule is CCOC(=O)c1cnc(O/N=C/c2ccc(F)cc2)nc1C(F)(F)F. The van der Waals surface area contributed by atoms with Crippen LogP contribution in [-0.2, 0) is 10.9 Å². The lowest BCUT2D eigenvalue weighted by Gasteiger charge is -2.10. The maximum Gasteiger partial charge on any atom is 0.434 e. The van der Waals surface area contributed by atoms with Crippen molar-refractivity contribution in [2.75, 3.05) is 6.61 Å². The quantitative estimate of drug-likeness (QED) is 0.356. The van der Waals surface area contributed by atoms with Crippen molar-refractivity contribution in [3.8, 4) is 6.01 Å². The number of nitrogens with zero attached hydrogens (tertiary/aromatic N) is 3. The molecule has 0 aliphatic heterocycles. The van der Waals surface area contributed by atoms with Crippen molar-refractivity contribution >= 4 is 12.2 Å². The second kappa shape index (κ2) is 7.69. The van der Waals surface area contributed by atoms with Crippen LogP contribution in [0.25, 0.3) is 0 Å². The van der Waals surface area contributed by atoms with E-state index in [0.29, 0.717) is 11.8 Å². The number of hydrogen-bond donors (Lipinski definition) is 0. The van der Waals surface area contributed by atoms with E-state index in [2.05, 4.69) is 24.7 Å². The Bertz CT molecular complexity index is 777. The van der Waals surface area contributed by atoms with Gasteiger partial charge in [-0.05, 0) is 24.6 Å². The molecule has 0 saturated heterocycles. The second-order valence-electron chi connectivity index (χ2n) is 4.51. The van der Waals surface area contributed by atoms with E-state index in [1.54, 1.807) is 0 Å². The van der Waals surface area contributed by atoms with Crippen LogP contribution >= 0.6 is 0 Å². The van der Waals surface area contributed by atoms with Crippen molar-refractivity contribution in [2.24, 2.45) is 5.16 Å². The van der Waals surface area contributed by atoms with Gasteiger partial charge in [-0.2, -0.15) is 18.2 Å². The summed E-state index contributed by atoms with van der Waals surface area (Å²) in [5.74, 6) is -1.65. The van der Waals surface area contributed by atoms with E-state index in [1.807, 2.05) is 0 Å². The molecule has 0 amide bonds. The van der Waals surface area contributed by atoms with Gasteiger partial charge in [0.1, 0.15) is 11.4 Å². The maximum atomic E-state index is 13.0. The van der Waals surface area contributed by atoms with E-state index in [9.17, 15) is 22.4 Å². The fourth-order valence-corrected chi connectivity index (χ4v) is 1.67. The Morgan fingerprint density at radius 1 is 1.28 bits per heavy atom. The lowest BCUT2D eigenvalue weighted by atomic mass is 10.2. The number of esters is 1. The highest BCUT2D eigenvalue weighted by molar-refractivity contribution is 5.90. The topological polar surface area (TPSA) is 73.7 Å². The number of alkyl halides is 3. The van der Waals surface area contributed by atoms with Gasteiger partial charge in [0.25, 0.3) is 0 Å². The van der Waals surface area contributed by atoms with E-state index >= 15 is 0 Å². The molecule has 0 aliphatic rings. The molecule has 1 aromatic heterocycles. The molecule has 2 rings (SSSR count). The average Bonchev–Trinajstić information content (AvgIpc) is 2.56. The number of ether oxygens (including phenoxy) is 1. The minimum atomic E-state index is -4.91. The van der Waals surface area contributed by atoms with Crippen molar-refractivity contribution < 1.29 is 31.9 Å². The summed E-state index contributed by atoms with van der Waals surface area (Å²) in [4.78, 5) is 22.9. The first-order valence-electron chi connectivity index (χ1n) is 6.88. The van der Waals surface area contributed by atoms with Crippen LogP contribution < -0.4 is 4.84 Å². The molecule has 2 aromatic rings. The minimum absolute atomic E-state index is 0.101. The number of hydrogen-bond acceptors (Lipinski definition) is 6. The summed E-state index contributed by atoms with van der Waals surface area (Å²) in [5, 5.41) is 3.42. The van der Waals surface area contributed by atoms with Crippen molar-refractivity contribution in [1.82, 2.24) is 9.97 Å². The summed E-state index contributed by atoms with van der Waals surface area (Å²) >= 11 is 0. The molecular formula is C15H11F4N3O3. The van der Waals surface area contributed by atoms with E-state index in [-0.39, 0.29) is 6.61 Å². The number of halogens is 4. The highest BCUT2D eigenvalue weighted by atomic mass is 19.4. The van der Waals surface area contributed by atoms with Gasteiger partial charge in [0.05, 0.1) is 12.8 Å². The van der Waals surface area contributed by atoms with Crippen molar-refractivity contribution in [3.05, 3.63) is 53.1 Å². The second-order valence-corrected chi connectivity index (χ2v) is 4.51. The zero-order valence-corrected chi connectivity index (χ0v) is 12.7. The molecule has 0 bridgehead atoms. The molecule has 0 saturated carbocycles. The van der Waals surface area contributed by atoms with Gasteiger partial charge in [-0.25, -0.2) is 14.2 Å². The smallest absolute Gasteiger partial charge is 0.434 e. The predicted molar refractivity (Wildman–Crippen MR) is 77.6 cm³/mol. The van der Waals surface area contributed by atoms with Crippen LogP contribution in [0.3, 0.4) is 0 Å². The molecule has 1 aromatic carbocycles. The normalized spacial score (nSPS) is 11.6. The summed E-state index contributed by atoms with van der Waals surface area (Å²) < 4.78 is 56.4. The molecular weight excluding hydrogens is 346 g/mol. The number of benzene rings is 1. The molecule has 10 heteroatoms. The molecule has 6 nitrogen and oxygen atoms in total. The first kappa shape index (κ1) is 18.3. The molecule has 0 fully saturated rings. The molecule has 0 radical (unpaired) electrons.